The van der Waals surface area contributed by atoms with Crippen molar-refractivity contribution in [1.82, 2.24) is 4.90 Å². The van der Waals surface area contributed by atoms with E-state index in [1.165, 1.54) is 0 Å². The Morgan fingerprint density at radius 1 is 1.45 bits per heavy atom. The third-order valence-corrected chi connectivity index (χ3v) is 5.05. The number of likely N-dealkylation sites (tertiary alicyclic amines) is 1. The summed E-state index contributed by atoms with van der Waals surface area (Å²) in [4.78, 5) is 15.1. The topological polar surface area (TPSA) is 40.5 Å². The number of amides is 1. The predicted octanol–water partition coefficient (Wildman–Crippen LogP) is 3.05. The zero-order chi connectivity index (χ0) is 14.5. The van der Waals surface area contributed by atoms with E-state index in [4.69, 9.17) is 11.6 Å². The molecule has 1 aromatic carbocycles. The Morgan fingerprint density at radius 3 is 2.80 bits per heavy atom. The van der Waals surface area contributed by atoms with Crippen LogP contribution in [0.3, 0.4) is 0 Å². The molecule has 1 fully saturated rings. The number of hydrogen-bond acceptors (Lipinski definition) is 3. The number of nitrogens with zero attached hydrogens (tertiary/aromatic N) is 1. The normalized spacial score (nSPS) is 22.2. The van der Waals surface area contributed by atoms with Crippen molar-refractivity contribution >= 4 is 29.3 Å². The lowest BCUT2D eigenvalue weighted by atomic mass is 10.0. The zero-order valence-corrected chi connectivity index (χ0v) is 13.2. The third kappa shape index (κ3) is 3.90. The molecule has 1 aromatic rings. The number of halogens is 1. The molecule has 2 rings (SSSR count). The summed E-state index contributed by atoms with van der Waals surface area (Å²) in [6.45, 7) is 2.94. The van der Waals surface area contributed by atoms with Gasteiger partial charge in [0.1, 0.15) is 0 Å². The number of benzene rings is 1. The van der Waals surface area contributed by atoms with Crippen LogP contribution in [-0.4, -0.2) is 40.9 Å². The van der Waals surface area contributed by atoms with Crippen molar-refractivity contribution in [3.8, 4) is 0 Å². The lowest BCUT2D eigenvalue weighted by molar-refractivity contribution is -0.132. The molecule has 1 aliphatic heterocycles. The molecular weight excluding hydrogens is 294 g/mol. The minimum atomic E-state index is 0.00281. The van der Waals surface area contributed by atoms with Crippen LogP contribution in [0.5, 0.6) is 0 Å². The van der Waals surface area contributed by atoms with Crippen LogP contribution in [0, 0.1) is 5.92 Å². The van der Waals surface area contributed by atoms with Crippen LogP contribution in [0.4, 0.5) is 0 Å². The van der Waals surface area contributed by atoms with Gasteiger partial charge in [-0.2, -0.15) is 0 Å². The van der Waals surface area contributed by atoms with E-state index in [0.717, 1.165) is 28.6 Å². The van der Waals surface area contributed by atoms with Gasteiger partial charge in [0.15, 0.2) is 0 Å². The fourth-order valence-electron chi connectivity index (χ4n) is 2.53. The number of aliphatic hydroxyl groups is 1. The molecule has 0 saturated carbocycles. The molecule has 1 aliphatic rings. The Hall–Kier alpha value is -0.710. The van der Waals surface area contributed by atoms with E-state index in [1.54, 1.807) is 11.8 Å². The smallest absolute Gasteiger partial charge is 0.223 e. The van der Waals surface area contributed by atoms with E-state index >= 15 is 0 Å². The molecule has 2 atom stereocenters. The zero-order valence-electron chi connectivity index (χ0n) is 11.6. The summed E-state index contributed by atoms with van der Waals surface area (Å²) in [7, 11) is 0. The van der Waals surface area contributed by atoms with Gasteiger partial charge in [-0.1, -0.05) is 18.5 Å². The summed E-state index contributed by atoms with van der Waals surface area (Å²) in [5.74, 6) is 1.30. The highest BCUT2D eigenvalue weighted by Crippen LogP contribution is 2.26. The van der Waals surface area contributed by atoms with Crippen LogP contribution < -0.4 is 0 Å². The van der Waals surface area contributed by atoms with E-state index in [2.05, 4.69) is 6.92 Å². The summed E-state index contributed by atoms with van der Waals surface area (Å²) >= 11 is 7.49. The maximum atomic E-state index is 12.2. The van der Waals surface area contributed by atoms with Crippen LogP contribution in [0.25, 0.3) is 0 Å². The number of carbonyl (C=O) groups excluding carboxylic acids is 1. The molecule has 110 valence electrons. The summed E-state index contributed by atoms with van der Waals surface area (Å²) in [5, 5.41) is 10.1. The fourth-order valence-corrected chi connectivity index (χ4v) is 3.49. The summed E-state index contributed by atoms with van der Waals surface area (Å²) < 4.78 is 0. The Kier molecular flexibility index (Phi) is 5.75. The molecule has 1 heterocycles. The van der Waals surface area contributed by atoms with Crippen LogP contribution in [0.15, 0.2) is 29.2 Å². The first-order valence-corrected chi connectivity index (χ1v) is 8.27. The van der Waals surface area contributed by atoms with Crippen molar-refractivity contribution in [1.29, 1.82) is 0 Å². The fraction of sp³-hybridized carbons (Fsp3) is 0.533. The van der Waals surface area contributed by atoms with E-state index < -0.39 is 0 Å². The first-order valence-electron chi connectivity index (χ1n) is 6.90. The maximum absolute atomic E-state index is 12.2. The van der Waals surface area contributed by atoms with Gasteiger partial charge in [-0.25, -0.2) is 0 Å². The summed E-state index contributed by atoms with van der Waals surface area (Å²) in [5.41, 5.74) is 0. The summed E-state index contributed by atoms with van der Waals surface area (Å²) in [6.07, 6.45) is 1.50. The van der Waals surface area contributed by atoms with Gasteiger partial charge in [-0.3, -0.25) is 4.79 Å². The van der Waals surface area contributed by atoms with Gasteiger partial charge >= 0.3 is 0 Å². The average molecular weight is 314 g/mol. The number of carbonyl (C=O) groups is 1. The number of hydrogen-bond donors (Lipinski definition) is 1. The Labute approximate surface area is 129 Å². The highest BCUT2D eigenvalue weighted by Gasteiger charge is 2.33. The van der Waals surface area contributed by atoms with Gasteiger partial charge in [0.05, 0.1) is 12.6 Å². The van der Waals surface area contributed by atoms with Crippen molar-refractivity contribution in [2.75, 3.05) is 18.9 Å². The molecule has 1 amide bonds. The van der Waals surface area contributed by atoms with Gasteiger partial charge < -0.3 is 10.0 Å². The largest absolute Gasteiger partial charge is 0.394 e. The molecule has 3 nitrogen and oxygen atoms in total. The lowest BCUT2D eigenvalue weighted by Gasteiger charge is -2.25. The van der Waals surface area contributed by atoms with E-state index in [-0.39, 0.29) is 18.6 Å². The molecule has 0 aromatic heterocycles. The Bertz CT molecular complexity index is 452. The van der Waals surface area contributed by atoms with Crippen molar-refractivity contribution < 1.29 is 9.90 Å². The standard InChI is InChI=1S/C15H20ClNO2S/c1-11-6-8-17(14(11)10-18)15(19)7-9-20-13-4-2-12(16)3-5-13/h2-5,11,14,18H,6-10H2,1H3. The summed E-state index contributed by atoms with van der Waals surface area (Å²) in [6, 6.07) is 7.64. The minimum Gasteiger partial charge on any atom is -0.394 e. The van der Waals surface area contributed by atoms with Crippen LogP contribution in [-0.2, 0) is 4.79 Å². The Morgan fingerprint density at radius 2 is 2.15 bits per heavy atom. The Balaban J connectivity index is 1.79. The van der Waals surface area contributed by atoms with Crippen molar-refractivity contribution in [2.45, 2.75) is 30.7 Å². The highest BCUT2D eigenvalue weighted by atomic mass is 35.5. The third-order valence-electron chi connectivity index (χ3n) is 3.79. The van der Waals surface area contributed by atoms with Gasteiger partial charge in [0.2, 0.25) is 5.91 Å². The van der Waals surface area contributed by atoms with Crippen molar-refractivity contribution in [3.63, 3.8) is 0 Å². The quantitative estimate of drug-likeness (QED) is 0.849. The lowest BCUT2D eigenvalue weighted by Crippen LogP contribution is -2.39. The molecule has 5 heteroatoms. The van der Waals surface area contributed by atoms with Gasteiger partial charge in [0.25, 0.3) is 0 Å². The monoisotopic (exact) mass is 313 g/mol. The maximum Gasteiger partial charge on any atom is 0.223 e. The number of aliphatic hydroxyl groups excluding tert-OH is 1. The second-order valence-electron chi connectivity index (χ2n) is 5.16. The molecule has 0 spiro atoms. The van der Waals surface area contributed by atoms with Gasteiger partial charge in [-0.05, 0) is 36.6 Å². The SMILES string of the molecule is CC1CCN(C(=O)CCSc2ccc(Cl)cc2)C1CO. The highest BCUT2D eigenvalue weighted by molar-refractivity contribution is 7.99. The number of thioether (sulfide) groups is 1. The van der Waals surface area contributed by atoms with E-state index in [1.807, 2.05) is 29.2 Å². The first-order chi connectivity index (χ1) is 9.61. The van der Waals surface area contributed by atoms with Gasteiger partial charge in [0, 0.05) is 28.6 Å². The van der Waals surface area contributed by atoms with Crippen LogP contribution in [0.1, 0.15) is 19.8 Å². The molecule has 0 radical (unpaired) electrons. The molecular formula is C15H20ClNO2S. The van der Waals surface area contributed by atoms with Crippen molar-refractivity contribution in [3.05, 3.63) is 29.3 Å². The number of rotatable bonds is 5. The van der Waals surface area contributed by atoms with Gasteiger partial charge in [-0.15, -0.1) is 11.8 Å². The predicted molar refractivity (Wildman–Crippen MR) is 83.2 cm³/mol. The second kappa shape index (κ2) is 7.34. The molecule has 0 aliphatic carbocycles. The van der Waals surface area contributed by atoms with Crippen molar-refractivity contribution in [2.24, 2.45) is 5.92 Å². The van der Waals surface area contributed by atoms with Crippen LogP contribution >= 0.6 is 23.4 Å². The van der Waals surface area contributed by atoms with E-state index in [0.29, 0.717) is 12.3 Å². The van der Waals surface area contributed by atoms with Crippen LogP contribution in [0.2, 0.25) is 5.02 Å². The minimum absolute atomic E-state index is 0.00281. The molecule has 2 unspecified atom stereocenters. The molecule has 20 heavy (non-hydrogen) atoms. The average Bonchev–Trinajstić information content (AvgIpc) is 2.82. The molecule has 1 N–H and O–H groups in total. The van der Waals surface area contributed by atoms with E-state index in [9.17, 15) is 9.90 Å². The second-order valence-corrected chi connectivity index (χ2v) is 6.76. The first kappa shape index (κ1) is 15.7. The molecule has 1 saturated heterocycles. The molecule has 0 bridgehead atoms.